The number of aromatic nitrogens is 2. The number of nitrogens with zero attached hydrogens (tertiary/aromatic N) is 4. The summed E-state index contributed by atoms with van der Waals surface area (Å²) in [5.41, 5.74) is -0.179. The second-order valence-electron chi connectivity index (χ2n) is 8.62. The molecule has 1 aliphatic carbocycles. The third-order valence-corrected chi connectivity index (χ3v) is 5.50. The molecule has 2 fully saturated rings. The van der Waals surface area contributed by atoms with Gasteiger partial charge in [-0.3, -0.25) is 4.79 Å². The second-order valence-corrected chi connectivity index (χ2v) is 8.62. The molecule has 2 heterocycles. The van der Waals surface area contributed by atoms with Crippen LogP contribution in [-0.4, -0.2) is 57.1 Å². The van der Waals surface area contributed by atoms with Gasteiger partial charge in [-0.05, 0) is 40.5 Å². The molecule has 3 rings (SSSR count). The SMILES string of the molecule is CCN(Cc1noc(C2CCC2)n1)C(=O)NC[C@H]1CC(=O)N(C(C)(C)C)C1. The van der Waals surface area contributed by atoms with E-state index in [0.717, 1.165) is 12.8 Å². The van der Waals surface area contributed by atoms with Crippen LogP contribution in [0.5, 0.6) is 0 Å². The fraction of sp³-hybridized carbons (Fsp3) is 0.789. The summed E-state index contributed by atoms with van der Waals surface area (Å²) < 4.78 is 5.33. The summed E-state index contributed by atoms with van der Waals surface area (Å²) in [5, 5.41) is 6.98. The summed E-state index contributed by atoms with van der Waals surface area (Å²) in [6, 6.07) is -0.158. The van der Waals surface area contributed by atoms with Gasteiger partial charge < -0.3 is 19.6 Å². The average Bonchev–Trinajstić information content (AvgIpc) is 3.15. The average molecular weight is 377 g/mol. The minimum Gasteiger partial charge on any atom is -0.339 e. The van der Waals surface area contributed by atoms with Gasteiger partial charge in [-0.1, -0.05) is 11.6 Å². The Morgan fingerprint density at radius 1 is 1.37 bits per heavy atom. The van der Waals surface area contributed by atoms with Crippen molar-refractivity contribution in [3.05, 3.63) is 11.7 Å². The lowest BCUT2D eigenvalue weighted by Gasteiger charge is -2.32. The monoisotopic (exact) mass is 377 g/mol. The van der Waals surface area contributed by atoms with Gasteiger partial charge >= 0.3 is 6.03 Å². The van der Waals surface area contributed by atoms with Crippen molar-refractivity contribution in [1.82, 2.24) is 25.3 Å². The number of hydrogen-bond donors (Lipinski definition) is 1. The molecule has 0 bridgehead atoms. The first-order chi connectivity index (χ1) is 12.8. The summed E-state index contributed by atoms with van der Waals surface area (Å²) in [6.07, 6.45) is 3.90. The highest BCUT2D eigenvalue weighted by molar-refractivity contribution is 5.79. The van der Waals surface area contributed by atoms with E-state index in [1.165, 1.54) is 6.42 Å². The van der Waals surface area contributed by atoms with Gasteiger partial charge in [0, 0.05) is 43.4 Å². The Kier molecular flexibility index (Phi) is 5.72. The minimum atomic E-state index is -0.179. The van der Waals surface area contributed by atoms with Crippen LogP contribution in [0.3, 0.4) is 0 Å². The standard InChI is InChI=1S/C19H31N5O3/c1-5-23(12-15-21-17(27-22-15)14-7-6-8-14)18(26)20-10-13-9-16(25)24(11-13)19(2,3)4/h13-14H,5-12H2,1-4H3,(H,20,26)/t13-/m1/s1. The van der Waals surface area contributed by atoms with E-state index in [2.05, 4.69) is 15.5 Å². The van der Waals surface area contributed by atoms with Crippen LogP contribution in [0.15, 0.2) is 4.52 Å². The van der Waals surface area contributed by atoms with E-state index in [1.54, 1.807) is 4.90 Å². The zero-order valence-corrected chi connectivity index (χ0v) is 16.8. The lowest BCUT2D eigenvalue weighted by Crippen LogP contribution is -2.44. The van der Waals surface area contributed by atoms with E-state index < -0.39 is 0 Å². The highest BCUT2D eigenvalue weighted by Gasteiger charge is 2.36. The fourth-order valence-electron chi connectivity index (χ4n) is 3.56. The molecule has 27 heavy (non-hydrogen) atoms. The van der Waals surface area contributed by atoms with Gasteiger partial charge in [0.05, 0.1) is 6.54 Å². The van der Waals surface area contributed by atoms with E-state index >= 15 is 0 Å². The van der Waals surface area contributed by atoms with E-state index in [0.29, 0.717) is 50.2 Å². The molecule has 0 spiro atoms. The molecule has 1 atom stereocenters. The molecule has 0 unspecified atom stereocenters. The van der Waals surface area contributed by atoms with E-state index in [-0.39, 0.29) is 23.4 Å². The van der Waals surface area contributed by atoms with Crippen LogP contribution in [0, 0.1) is 5.92 Å². The smallest absolute Gasteiger partial charge is 0.317 e. The number of rotatable bonds is 6. The predicted molar refractivity (Wildman–Crippen MR) is 99.9 cm³/mol. The predicted octanol–water partition coefficient (Wildman–Crippen LogP) is 2.52. The van der Waals surface area contributed by atoms with Crippen LogP contribution in [0.4, 0.5) is 4.79 Å². The van der Waals surface area contributed by atoms with Crippen molar-refractivity contribution in [3.8, 4) is 0 Å². The Morgan fingerprint density at radius 2 is 2.11 bits per heavy atom. The molecular formula is C19H31N5O3. The third-order valence-electron chi connectivity index (χ3n) is 5.50. The van der Waals surface area contributed by atoms with Gasteiger partial charge in [0.15, 0.2) is 5.82 Å². The van der Waals surface area contributed by atoms with Gasteiger partial charge in [0.1, 0.15) is 0 Å². The van der Waals surface area contributed by atoms with Crippen molar-refractivity contribution in [3.63, 3.8) is 0 Å². The Bertz CT molecular complexity index is 677. The fourth-order valence-corrected chi connectivity index (χ4v) is 3.56. The molecule has 8 nitrogen and oxygen atoms in total. The number of carbonyl (C=O) groups is 2. The van der Waals surface area contributed by atoms with Crippen LogP contribution < -0.4 is 5.32 Å². The summed E-state index contributed by atoms with van der Waals surface area (Å²) in [7, 11) is 0. The first-order valence-corrected chi connectivity index (χ1v) is 9.93. The molecule has 1 aromatic rings. The molecule has 1 saturated carbocycles. The maximum absolute atomic E-state index is 12.5. The normalized spacial score (nSPS) is 20.7. The minimum absolute atomic E-state index is 0.148. The number of urea groups is 1. The van der Waals surface area contributed by atoms with Crippen molar-refractivity contribution in [1.29, 1.82) is 0 Å². The zero-order chi connectivity index (χ0) is 19.6. The summed E-state index contributed by atoms with van der Waals surface area (Å²) in [4.78, 5) is 32.7. The molecule has 1 aliphatic heterocycles. The van der Waals surface area contributed by atoms with Gasteiger partial charge in [-0.2, -0.15) is 4.98 Å². The van der Waals surface area contributed by atoms with Crippen molar-refractivity contribution >= 4 is 11.9 Å². The van der Waals surface area contributed by atoms with E-state index in [4.69, 9.17) is 4.52 Å². The van der Waals surface area contributed by atoms with Crippen molar-refractivity contribution in [2.75, 3.05) is 19.6 Å². The molecule has 1 N–H and O–H groups in total. The van der Waals surface area contributed by atoms with Crippen molar-refractivity contribution in [2.45, 2.75) is 71.4 Å². The highest BCUT2D eigenvalue weighted by Crippen LogP contribution is 2.35. The highest BCUT2D eigenvalue weighted by atomic mass is 16.5. The summed E-state index contributed by atoms with van der Waals surface area (Å²) in [6.45, 7) is 10.1. The topological polar surface area (TPSA) is 91.6 Å². The Labute approximate surface area is 160 Å². The van der Waals surface area contributed by atoms with Crippen LogP contribution >= 0.6 is 0 Å². The summed E-state index contributed by atoms with van der Waals surface area (Å²) in [5.74, 6) is 1.93. The van der Waals surface area contributed by atoms with Gasteiger partial charge in [0.2, 0.25) is 11.8 Å². The first-order valence-electron chi connectivity index (χ1n) is 9.93. The van der Waals surface area contributed by atoms with Crippen LogP contribution in [0.25, 0.3) is 0 Å². The molecule has 150 valence electrons. The molecule has 3 amide bonds. The summed E-state index contributed by atoms with van der Waals surface area (Å²) >= 11 is 0. The number of likely N-dealkylation sites (tertiary alicyclic amines) is 1. The number of nitrogens with one attached hydrogen (secondary N) is 1. The lowest BCUT2D eigenvalue weighted by molar-refractivity contribution is -0.131. The van der Waals surface area contributed by atoms with Crippen LogP contribution in [0.2, 0.25) is 0 Å². The third kappa shape index (κ3) is 4.59. The molecule has 0 aromatic carbocycles. The maximum atomic E-state index is 12.5. The molecule has 2 aliphatic rings. The molecule has 0 radical (unpaired) electrons. The largest absolute Gasteiger partial charge is 0.339 e. The number of hydrogen-bond acceptors (Lipinski definition) is 5. The zero-order valence-electron chi connectivity index (χ0n) is 16.8. The van der Waals surface area contributed by atoms with Crippen molar-refractivity contribution in [2.24, 2.45) is 5.92 Å². The van der Waals surface area contributed by atoms with Gasteiger partial charge in [0.25, 0.3) is 0 Å². The van der Waals surface area contributed by atoms with E-state index in [1.807, 2.05) is 32.6 Å². The van der Waals surface area contributed by atoms with Crippen molar-refractivity contribution < 1.29 is 14.1 Å². The van der Waals surface area contributed by atoms with E-state index in [9.17, 15) is 9.59 Å². The van der Waals surface area contributed by atoms with Gasteiger partial charge in [-0.15, -0.1) is 0 Å². The van der Waals surface area contributed by atoms with Gasteiger partial charge in [-0.25, -0.2) is 4.79 Å². The molecular weight excluding hydrogens is 346 g/mol. The number of amides is 3. The molecule has 1 aromatic heterocycles. The van der Waals surface area contributed by atoms with Crippen LogP contribution in [0.1, 0.15) is 71.0 Å². The molecule has 8 heteroatoms. The first kappa shape index (κ1) is 19.6. The molecule has 1 saturated heterocycles. The Balaban J connectivity index is 1.49. The number of carbonyl (C=O) groups excluding carboxylic acids is 2. The quantitative estimate of drug-likeness (QED) is 0.822. The van der Waals surface area contributed by atoms with Crippen LogP contribution in [-0.2, 0) is 11.3 Å². The Hall–Kier alpha value is -2.12. The lowest BCUT2D eigenvalue weighted by atomic mass is 9.85. The second kappa shape index (κ2) is 7.86. The Morgan fingerprint density at radius 3 is 2.67 bits per heavy atom. The maximum Gasteiger partial charge on any atom is 0.317 e.